The number of hydrogen-bond donors (Lipinski definition) is 2. The van der Waals surface area contributed by atoms with E-state index < -0.39 is 0 Å². The number of amides is 1. The monoisotopic (exact) mass is 463 g/mol. The van der Waals surface area contributed by atoms with Crippen LogP contribution >= 0.6 is 0 Å². The van der Waals surface area contributed by atoms with E-state index in [2.05, 4.69) is 4.98 Å². The van der Waals surface area contributed by atoms with Gasteiger partial charge in [0.15, 0.2) is 0 Å². The van der Waals surface area contributed by atoms with Crippen molar-refractivity contribution in [1.29, 1.82) is 0 Å². The van der Waals surface area contributed by atoms with Gasteiger partial charge in [-0.05, 0) is 43.2 Å². The van der Waals surface area contributed by atoms with Crippen LogP contribution in [0.4, 0.5) is 5.82 Å². The fourth-order valence-electron chi connectivity index (χ4n) is 3.94. The zero-order valence-electron chi connectivity index (χ0n) is 19.8. The summed E-state index contributed by atoms with van der Waals surface area (Å²) in [5, 5.41) is 5.05. The fourth-order valence-corrected chi connectivity index (χ4v) is 3.94. The van der Waals surface area contributed by atoms with Crippen molar-refractivity contribution in [3.05, 3.63) is 63.6 Å². The number of hydrogen-bond acceptors (Lipinski definition) is 6. The van der Waals surface area contributed by atoms with Gasteiger partial charge in [-0.3, -0.25) is 9.59 Å². The maximum atomic E-state index is 13.0. The van der Waals surface area contributed by atoms with Gasteiger partial charge < -0.3 is 25.1 Å². The van der Waals surface area contributed by atoms with Gasteiger partial charge in [0.2, 0.25) is 5.91 Å². The highest BCUT2D eigenvalue weighted by atomic mass is 16.5. The summed E-state index contributed by atoms with van der Waals surface area (Å²) in [5.41, 5.74) is 9.49. The first-order chi connectivity index (χ1) is 16.3. The Balaban J connectivity index is 1.81. The van der Waals surface area contributed by atoms with E-state index in [4.69, 9.17) is 20.3 Å². The quantitative estimate of drug-likeness (QED) is 0.521. The Hall–Kier alpha value is -3.85. The Morgan fingerprint density at radius 3 is 2.76 bits per heavy atom. The molecule has 9 nitrogen and oxygen atoms in total. The molecule has 1 aliphatic carbocycles. The summed E-state index contributed by atoms with van der Waals surface area (Å²) in [4.78, 5) is 29.4. The number of H-pyrrole nitrogens is 1. The van der Waals surface area contributed by atoms with Crippen LogP contribution < -0.4 is 11.3 Å². The highest BCUT2D eigenvalue weighted by molar-refractivity contribution is 5.98. The molecule has 2 aromatic heterocycles. The number of pyridine rings is 1. The van der Waals surface area contributed by atoms with Crippen molar-refractivity contribution in [2.45, 2.75) is 25.9 Å². The number of fused-ring (bicyclic) bond motifs is 3. The van der Waals surface area contributed by atoms with Crippen LogP contribution in [0.15, 0.2) is 41.2 Å². The number of benzene rings is 1. The maximum Gasteiger partial charge on any atom is 0.261 e. The summed E-state index contributed by atoms with van der Waals surface area (Å²) < 4.78 is 13.2. The molecule has 2 heterocycles. The number of aromatic amines is 1. The van der Waals surface area contributed by atoms with Gasteiger partial charge in [-0.15, -0.1) is 0 Å². The van der Waals surface area contributed by atoms with Crippen molar-refractivity contribution in [3.63, 3.8) is 0 Å². The lowest BCUT2D eigenvalue weighted by atomic mass is 10.1. The lowest BCUT2D eigenvalue weighted by molar-refractivity contribution is -0.128. The van der Waals surface area contributed by atoms with E-state index >= 15 is 0 Å². The molecule has 0 saturated carbocycles. The lowest BCUT2D eigenvalue weighted by Crippen LogP contribution is -2.21. The Morgan fingerprint density at radius 2 is 2.06 bits per heavy atom. The first-order valence-corrected chi connectivity index (χ1v) is 11.1. The van der Waals surface area contributed by atoms with E-state index in [1.165, 1.54) is 0 Å². The molecule has 1 atom stereocenters. The molecule has 1 amide bonds. The van der Waals surface area contributed by atoms with E-state index in [-0.39, 0.29) is 23.4 Å². The number of aryl methyl sites for hydroxylation is 1. The summed E-state index contributed by atoms with van der Waals surface area (Å²) in [6.45, 7) is 2.27. The minimum absolute atomic E-state index is 0.0340. The predicted octanol–water partition coefficient (Wildman–Crippen LogP) is 2.87. The van der Waals surface area contributed by atoms with Gasteiger partial charge >= 0.3 is 0 Å². The molecule has 3 aromatic rings. The Morgan fingerprint density at radius 1 is 1.29 bits per heavy atom. The van der Waals surface area contributed by atoms with E-state index in [0.717, 1.165) is 11.3 Å². The average Bonchev–Trinajstić information content (AvgIpc) is 3.04. The Labute approximate surface area is 197 Å². The van der Waals surface area contributed by atoms with Crippen LogP contribution in [0.5, 0.6) is 0 Å². The number of methoxy groups -OCH3 is 1. The number of nitrogens with two attached hydrogens (primary N) is 1. The molecule has 4 rings (SSSR count). The fraction of sp³-hybridized carbons (Fsp3) is 0.320. The smallest absolute Gasteiger partial charge is 0.261 e. The van der Waals surface area contributed by atoms with Crippen LogP contribution in [0.25, 0.3) is 28.4 Å². The van der Waals surface area contributed by atoms with Gasteiger partial charge in [-0.25, -0.2) is 4.68 Å². The van der Waals surface area contributed by atoms with Gasteiger partial charge in [-0.1, -0.05) is 18.2 Å². The topological polar surface area (TPSA) is 115 Å². The third kappa shape index (κ3) is 4.34. The number of aromatic nitrogens is 3. The molecule has 0 fully saturated rings. The molecule has 1 unspecified atom stereocenters. The normalized spacial score (nSPS) is 15.1. The molecule has 9 heteroatoms. The van der Waals surface area contributed by atoms with Crippen molar-refractivity contribution in [3.8, 4) is 5.69 Å². The first-order valence-electron chi connectivity index (χ1n) is 11.1. The van der Waals surface area contributed by atoms with Crippen LogP contribution in [-0.2, 0) is 14.3 Å². The number of ether oxygens (including phenoxy) is 2. The largest absolute Gasteiger partial charge is 0.493 e. The molecule has 0 bridgehead atoms. The average molecular weight is 464 g/mol. The molecule has 34 heavy (non-hydrogen) atoms. The van der Waals surface area contributed by atoms with E-state index in [0.29, 0.717) is 47.4 Å². The molecule has 0 spiro atoms. The van der Waals surface area contributed by atoms with E-state index in [9.17, 15) is 9.59 Å². The maximum absolute atomic E-state index is 13.0. The standard InChI is InChI=1S/C25H29N5O4/c1-15-8-5-6-9-18(15)30-24(26)22-23(28-30)21-17(27-25(22)32)12-11-16(33-4)14-19(21)34-13-7-10-20(31)29(2)3/h5-6,8-9,11-12,14,16H,7,10,13,26H2,1-4H3,(H,27,32). The molecule has 1 aliphatic rings. The van der Waals surface area contributed by atoms with Crippen molar-refractivity contribution in [1.82, 2.24) is 19.7 Å². The van der Waals surface area contributed by atoms with E-state index in [1.54, 1.807) is 36.9 Å². The molecule has 3 N–H and O–H groups in total. The molecule has 0 radical (unpaired) electrons. The summed E-state index contributed by atoms with van der Waals surface area (Å²) in [6.07, 6.45) is 6.00. The number of anilines is 1. The second-order valence-corrected chi connectivity index (χ2v) is 8.38. The minimum Gasteiger partial charge on any atom is -0.493 e. The number of nitrogens with one attached hydrogen (secondary N) is 1. The number of para-hydroxylation sites is 1. The molecule has 0 saturated heterocycles. The van der Waals surface area contributed by atoms with Crippen LogP contribution in [0, 0.1) is 6.92 Å². The van der Waals surface area contributed by atoms with Crippen molar-refractivity contribution < 1.29 is 14.3 Å². The second-order valence-electron chi connectivity index (χ2n) is 8.38. The molecule has 0 aliphatic heterocycles. The molecular weight excluding hydrogens is 434 g/mol. The SMILES string of the molecule is COC1C=Cc2[nH]c(=O)c3c(N)n(-c4ccccc4C)nc3c2C(OCCCC(=O)N(C)C)=C1. The summed E-state index contributed by atoms with van der Waals surface area (Å²) in [7, 11) is 5.05. The number of nitrogen functional groups attached to an aromatic ring is 1. The predicted molar refractivity (Wildman–Crippen MR) is 133 cm³/mol. The lowest BCUT2D eigenvalue weighted by Gasteiger charge is -2.14. The van der Waals surface area contributed by atoms with Crippen LogP contribution in [0.1, 0.15) is 29.7 Å². The van der Waals surface area contributed by atoms with E-state index in [1.807, 2.05) is 43.3 Å². The highest BCUT2D eigenvalue weighted by Gasteiger charge is 2.25. The van der Waals surface area contributed by atoms with Crippen LogP contribution in [0.2, 0.25) is 0 Å². The third-order valence-corrected chi connectivity index (χ3v) is 5.82. The van der Waals surface area contributed by atoms with Crippen molar-refractivity contribution in [2.75, 3.05) is 33.5 Å². The molecule has 178 valence electrons. The van der Waals surface area contributed by atoms with Gasteiger partial charge in [-0.2, -0.15) is 5.10 Å². The highest BCUT2D eigenvalue weighted by Crippen LogP contribution is 2.33. The van der Waals surface area contributed by atoms with Crippen molar-refractivity contribution in [2.24, 2.45) is 0 Å². The molecule has 1 aromatic carbocycles. The number of carbonyl (C=O) groups excluding carboxylic acids is 1. The van der Waals surface area contributed by atoms with Gasteiger partial charge in [0.25, 0.3) is 5.56 Å². The summed E-state index contributed by atoms with van der Waals surface area (Å²) in [6, 6.07) is 7.69. The Kier molecular flexibility index (Phi) is 6.56. The Bertz CT molecular complexity index is 1350. The number of rotatable bonds is 7. The first kappa shape index (κ1) is 23.3. The number of nitrogens with zero attached hydrogens (tertiary/aromatic N) is 3. The summed E-state index contributed by atoms with van der Waals surface area (Å²) in [5.74, 6) is 0.799. The zero-order valence-corrected chi connectivity index (χ0v) is 19.8. The minimum atomic E-state index is -0.361. The van der Waals surface area contributed by atoms with Crippen LogP contribution in [0.3, 0.4) is 0 Å². The van der Waals surface area contributed by atoms with Gasteiger partial charge in [0.05, 0.1) is 29.7 Å². The van der Waals surface area contributed by atoms with Crippen molar-refractivity contribution >= 4 is 34.5 Å². The zero-order chi connectivity index (χ0) is 24.4. The van der Waals surface area contributed by atoms with Crippen LogP contribution in [-0.4, -0.2) is 59.5 Å². The number of carbonyl (C=O) groups is 1. The third-order valence-electron chi connectivity index (χ3n) is 5.82. The second kappa shape index (κ2) is 9.56. The van der Waals surface area contributed by atoms with Gasteiger partial charge in [0.1, 0.15) is 22.5 Å². The summed E-state index contributed by atoms with van der Waals surface area (Å²) >= 11 is 0. The molecular formula is C25H29N5O4. The van der Waals surface area contributed by atoms with Gasteiger partial charge in [0, 0.05) is 27.6 Å².